The number of anilines is 1. The molecule has 23 heavy (non-hydrogen) atoms. The van der Waals surface area contributed by atoms with E-state index in [1.165, 1.54) is 0 Å². The Morgan fingerprint density at radius 1 is 1.22 bits per heavy atom. The van der Waals surface area contributed by atoms with Crippen LogP contribution in [0.5, 0.6) is 0 Å². The SMILES string of the molecule is COCC(NC(C)c1ccc(NS(C)(=O)=O)cc1)c1ccco1. The summed E-state index contributed by atoms with van der Waals surface area (Å²) in [5.41, 5.74) is 1.58. The number of benzene rings is 1. The number of rotatable bonds is 8. The minimum absolute atomic E-state index is 0.0486. The molecule has 2 N–H and O–H groups in total. The van der Waals surface area contributed by atoms with Gasteiger partial charge in [-0.15, -0.1) is 0 Å². The van der Waals surface area contributed by atoms with E-state index in [0.29, 0.717) is 12.3 Å². The summed E-state index contributed by atoms with van der Waals surface area (Å²) in [5.74, 6) is 0.814. The first-order valence-corrected chi connectivity index (χ1v) is 9.14. The van der Waals surface area contributed by atoms with Gasteiger partial charge in [-0.3, -0.25) is 10.0 Å². The molecule has 6 nitrogen and oxygen atoms in total. The maximum Gasteiger partial charge on any atom is 0.229 e. The highest BCUT2D eigenvalue weighted by Crippen LogP contribution is 2.22. The smallest absolute Gasteiger partial charge is 0.229 e. The zero-order valence-corrected chi connectivity index (χ0v) is 14.3. The van der Waals surface area contributed by atoms with Gasteiger partial charge in [0.05, 0.1) is 25.2 Å². The topological polar surface area (TPSA) is 80.6 Å². The minimum atomic E-state index is -3.26. The van der Waals surface area contributed by atoms with Crippen molar-refractivity contribution in [2.24, 2.45) is 0 Å². The Kier molecular flexibility index (Phi) is 5.81. The van der Waals surface area contributed by atoms with Crippen LogP contribution in [0, 0.1) is 0 Å². The number of hydrogen-bond donors (Lipinski definition) is 2. The van der Waals surface area contributed by atoms with Crippen LogP contribution < -0.4 is 10.0 Å². The predicted octanol–water partition coefficient (Wildman–Crippen LogP) is 2.69. The average Bonchev–Trinajstić information content (AvgIpc) is 3.00. The molecule has 1 aromatic carbocycles. The highest BCUT2D eigenvalue weighted by atomic mass is 32.2. The van der Waals surface area contributed by atoms with Crippen LogP contribution in [0.2, 0.25) is 0 Å². The van der Waals surface area contributed by atoms with Crippen molar-refractivity contribution in [3.8, 4) is 0 Å². The Bertz CT molecular complexity index is 696. The zero-order valence-electron chi connectivity index (χ0n) is 13.4. The molecule has 0 spiro atoms. The van der Waals surface area contributed by atoms with Crippen LogP contribution >= 0.6 is 0 Å². The van der Waals surface area contributed by atoms with Crippen molar-refractivity contribution in [2.45, 2.75) is 19.0 Å². The molecule has 0 aliphatic carbocycles. The van der Waals surface area contributed by atoms with Crippen LogP contribution in [0.1, 0.15) is 30.3 Å². The van der Waals surface area contributed by atoms with Gasteiger partial charge in [0.1, 0.15) is 5.76 Å². The highest BCUT2D eigenvalue weighted by molar-refractivity contribution is 7.92. The first-order valence-electron chi connectivity index (χ1n) is 7.25. The summed E-state index contributed by atoms with van der Waals surface area (Å²) >= 11 is 0. The summed E-state index contributed by atoms with van der Waals surface area (Å²) < 4.78 is 35.6. The van der Waals surface area contributed by atoms with Crippen LogP contribution in [0.4, 0.5) is 5.69 Å². The number of ether oxygens (including phenoxy) is 1. The third kappa shape index (κ3) is 5.38. The number of hydrogen-bond acceptors (Lipinski definition) is 5. The standard InChI is InChI=1S/C16H22N2O4S/c1-12(17-15(11-21-2)16-5-4-10-22-16)13-6-8-14(9-7-13)18-23(3,19)20/h4-10,12,15,17-18H,11H2,1-3H3. The normalized spacial score (nSPS) is 14.4. The van der Waals surface area contributed by atoms with Crippen molar-refractivity contribution < 1.29 is 17.6 Å². The highest BCUT2D eigenvalue weighted by Gasteiger charge is 2.17. The zero-order chi connectivity index (χ0) is 16.9. The second-order valence-electron chi connectivity index (χ2n) is 5.41. The molecule has 0 radical (unpaired) electrons. The van der Waals surface area contributed by atoms with Gasteiger partial charge in [0.2, 0.25) is 10.0 Å². The van der Waals surface area contributed by atoms with E-state index in [1.807, 2.05) is 31.2 Å². The van der Waals surface area contributed by atoms with Crippen LogP contribution in [-0.4, -0.2) is 28.4 Å². The summed E-state index contributed by atoms with van der Waals surface area (Å²) in [6.45, 7) is 2.52. The largest absolute Gasteiger partial charge is 0.468 e. The lowest BCUT2D eigenvalue weighted by Crippen LogP contribution is -2.27. The van der Waals surface area contributed by atoms with Gasteiger partial charge in [0, 0.05) is 18.8 Å². The number of furan rings is 1. The van der Waals surface area contributed by atoms with E-state index in [2.05, 4.69) is 10.0 Å². The van der Waals surface area contributed by atoms with Gasteiger partial charge < -0.3 is 9.15 Å². The third-order valence-corrected chi connectivity index (χ3v) is 3.99. The van der Waals surface area contributed by atoms with E-state index < -0.39 is 10.0 Å². The monoisotopic (exact) mass is 338 g/mol. The molecule has 0 saturated carbocycles. The maximum absolute atomic E-state index is 11.2. The van der Waals surface area contributed by atoms with E-state index >= 15 is 0 Å². The van der Waals surface area contributed by atoms with Crippen molar-refractivity contribution in [3.05, 3.63) is 54.0 Å². The van der Waals surface area contributed by atoms with Crippen molar-refractivity contribution >= 4 is 15.7 Å². The minimum Gasteiger partial charge on any atom is -0.468 e. The fourth-order valence-electron chi connectivity index (χ4n) is 2.32. The lowest BCUT2D eigenvalue weighted by Gasteiger charge is -2.22. The van der Waals surface area contributed by atoms with Crippen molar-refractivity contribution in [1.29, 1.82) is 0 Å². The van der Waals surface area contributed by atoms with Crippen molar-refractivity contribution in [2.75, 3.05) is 24.7 Å². The molecule has 2 aromatic rings. The molecular weight excluding hydrogens is 316 g/mol. The molecule has 2 rings (SSSR count). The third-order valence-electron chi connectivity index (χ3n) is 3.39. The van der Waals surface area contributed by atoms with Gasteiger partial charge in [0.15, 0.2) is 0 Å². The molecule has 0 aliphatic heterocycles. The molecule has 0 aliphatic rings. The van der Waals surface area contributed by atoms with Crippen LogP contribution in [0.15, 0.2) is 47.1 Å². The number of nitrogens with one attached hydrogen (secondary N) is 2. The van der Waals surface area contributed by atoms with E-state index in [9.17, 15) is 8.42 Å². The first-order chi connectivity index (χ1) is 10.9. The van der Waals surface area contributed by atoms with Gasteiger partial charge >= 0.3 is 0 Å². The summed E-state index contributed by atoms with van der Waals surface area (Å²) in [4.78, 5) is 0. The van der Waals surface area contributed by atoms with Crippen molar-refractivity contribution in [1.82, 2.24) is 5.32 Å². The molecule has 7 heteroatoms. The molecule has 0 fully saturated rings. The fourth-order valence-corrected chi connectivity index (χ4v) is 2.88. The number of sulfonamides is 1. The van der Waals surface area contributed by atoms with Crippen LogP contribution in [-0.2, 0) is 14.8 Å². The molecule has 0 bridgehead atoms. The Morgan fingerprint density at radius 2 is 1.91 bits per heavy atom. The quantitative estimate of drug-likeness (QED) is 0.773. The van der Waals surface area contributed by atoms with E-state index in [4.69, 9.17) is 9.15 Å². The summed E-state index contributed by atoms with van der Waals surface area (Å²) in [6, 6.07) is 11.0. The summed E-state index contributed by atoms with van der Waals surface area (Å²) in [5, 5.41) is 3.45. The predicted molar refractivity (Wildman–Crippen MR) is 89.8 cm³/mol. The van der Waals surface area contributed by atoms with Gasteiger partial charge in [0.25, 0.3) is 0 Å². The molecular formula is C16H22N2O4S. The Hall–Kier alpha value is -1.83. The molecule has 2 atom stereocenters. The van der Waals surface area contributed by atoms with E-state index in [-0.39, 0.29) is 12.1 Å². The van der Waals surface area contributed by atoms with Crippen LogP contribution in [0.3, 0.4) is 0 Å². The fraction of sp³-hybridized carbons (Fsp3) is 0.375. The van der Waals surface area contributed by atoms with Gasteiger partial charge in [-0.1, -0.05) is 12.1 Å². The van der Waals surface area contributed by atoms with E-state index in [1.54, 1.807) is 25.5 Å². The Labute approximate surface area is 136 Å². The van der Waals surface area contributed by atoms with Crippen molar-refractivity contribution in [3.63, 3.8) is 0 Å². The first kappa shape index (κ1) is 17.5. The van der Waals surface area contributed by atoms with Crippen LogP contribution in [0.25, 0.3) is 0 Å². The van der Waals surface area contributed by atoms with Gasteiger partial charge in [-0.2, -0.15) is 0 Å². The molecule has 2 unspecified atom stereocenters. The maximum atomic E-state index is 11.2. The molecule has 126 valence electrons. The average molecular weight is 338 g/mol. The molecule has 0 saturated heterocycles. The second kappa shape index (κ2) is 7.63. The van der Waals surface area contributed by atoms with E-state index in [0.717, 1.165) is 17.6 Å². The number of methoxy groups -OCH3 is 1. The molecule has 0 amide bonds. The summed E-state index contributed by atoms with van der Waals surface area (Å²) in [6.07, 6.45) is 2.76. The van der Waals surface area contributed by atoms with Gasteiger partial charge in [-0.25, -0.2) is 8.42 Å². The lowest BCUT2D eigenvalue weighted by molar-refractivity contribution is 0.152. The summed E-state index contributed by atoms with van der Waals surface area (Å²) in [7, 11) is -1.61. The van der Waals surface area contributed by atoms with Gasteiger partial charge in [-0.05, 0) is 36.8 Å². The lowest BCUT2D eigenvalue weighted by atomic mass is 10.1. The molecule has 1 aromatic heterocycles. The molecule has 1 heterocycles. The Balaban J connectivity index is 2.05. The Morgan fingerprint density at radius 3 is 2.43 bits per heavy atom. The second-order valence-corrected chi connectivity index (χ2v) is 7.16.